The summed E-state index contributed by atoms with van der Waals surface area (Å²) in [5.74, 6) is -2.43. The summed E-state index contributed by atoms with van der Waals surface area (Å²) in [7, 11) is 0. The molecule has 0 bridgehead atoms. The molecule has 0 unspecified atom stereocenters. The molecule has 0 aliphatic heterocycles. The molecule has 112 valence electrons. The van der Waals surface area contributed by atoms with Gasteiger partial charge in [0.1, 0.15) is 18.8 Å². The molecule has 0 spiro atoms. The average molecular weight is 294 g/mol. The van der Waals surface area contributed by atoms with Crippen LogP contribution in [-0.4, -0.2) is 52.4 Å². The molecule has 0 atom stereocenters. The maximum absolute atomic E-state index is 10.8. The standard InChI is InChI=1S/C13H14N2O6/c1-9(16)21-11-4-2-10(3-5-11)6-14-15(7-12(17)18)8-13(19)20/h2-6H,7-8H2,1H3,(H,17,18)(H,19,20)/b14-6-. The van der Waals surface area contributed by atoms with Crippen molar-refractivity contribution in [3.8, 4) is 5.75 Å². The van der Waals surface area contributed by atoms with Crippen LogP contribution < -0.4 is 4.74 Å². The number of benzene rings is 1. The summed E-state index contributed by atoms with van der Waals surface area (Å²) in [6.07, 6.45) is 1.32. The Labute approximate surface area is 120 Å². The number of carbonyl (C=O) groups excluding carboxylic acids is 1. The first-order valence-electron chi connectivity index (χ1n) is 5.88. The van der Waals surface area contributed by atoms with E-state index in [0.717, 1.165) is 5.01 Å². The van der Waals surface area contributed by atoms with E-state index in [1.165, 1.54) is 13.1 Å². The molecule has 1 aromatic rings. The van der Waals surface area contributed by atoms with Crippen molar-refractivity contribution in [1.82, 2.24) is 5.01 Å². The summed E-state index contributed by atoms with van der Waals surface area (Å²) >= 11 is 0. The second kappa shape index (κ2) is 7.63. The number of aliphatic carboxylic acids is 2. The Morgan fingerprint density at radius 1 is 1.14 bits per heavy atom. The number of carboxylic acids is 2. The summed E-state index contributed by atoms with van der Waals surface area (Å²) in [6, 6.07) is 6.28. The molecule has 8 heteroatoms. The van der Waals surface area contributed by atoms with Crippen LogP contribution in [-0.2, 0) is 14.4 Å². The van der Waals surface area contributed by atoms with Gasteiger partial charge in [-0.2, -0.15) is 5.10 Å². The lowest BCUT2D eigenvalue weighted by molar-refractivity contribution is -0.141. The second-order valence-corrected chi connectivity index (χ2v) is 4.02. The van der Waals surface area contributed by atoms with E-state index in [0.29, 0.717) is 11.3 Å². The van der Waals surface area contributed by atoms with Crippen LogP contribution >= 0.6 is 0 Å². The van der Waals surface area contributed by atoms with E-state index in [4.69, 9.17) is 14.9 Å². The highest BCUT2D eigenvalue weighted by molar-refractivity contribution is 5.80. The Balaban J connectivity index is 2.73. The molecule has 0 aliphatic carbocycles. The van der Waals surface area contributed by atoms with Gasteiger partial charge in [-0.05, 0) is 29.8 Å². The van der Waals surface area contributed by atoms with E-state index in [-0.39, 0.29) is 0 Å². The zero-order valence-corrected chi connectivity index (χ0v) is 11.2. The van der Waals surface area contributed by atoms with Crippen molar-refractivity contribution in [3.63, 3.8) is 0 Å². The van der Waals surface area contributed by atoms with E-state index in [1.54, 1.807) is 24.3 Å². The molecule has 2 N–H and O–H groups in total. The van der Waals surface area contributed by atoms with Crippen molar-refractivity contribution >= 4 is 24.1 Å². The van der Waals surface area contributed by atoms with Crippen molar-refractivity contribution in [2.45, 2.75) is 6.92 Å². The number of hydrazone groups is 1. The zero-order chi connectivity index (χ0) is 15.8. The number of rotatable bonds is 7. The van der Waals surface area contributed by atoms with Crippen LogP contribution in [0.5, 0.6) is 5.75 Å². The van der Waals surface area contributed by atoms with Gasteiger partial charge in [-0.1, -0.05) is 0 Å². The molecular weight excluding hydrogens is 280 g/mol. The molecule has 8 nitrogen and oxygen atoms in total. The van der Waals surface area contributed by atoms with Crippen LogP contribution in [0.3, 0.4) is 0 Å². The van der Waals surface area contributed by atoms with Gasteiger partial charge < -0.3 is 14.9 Å². The summed E-state index contributed by atoms with van der Waals surface area (Å²) in [5.41, 5.74) is 0.603. The minimum atomic E-state index is -1.18. The lowest BCUT2D eigenvalue weighted by Crippen LogP contribution is -2.30. The molecule has 21 heavy (non-hydrogen) atoms. The lowest BCUT2D eigenvalue weighted by Gasteiger charge is -2.13. The number of carboxylic acid groups (broad SMARTS) is 2. The van der Waals surface area contributed by atoms with Gasteiger partial charge in [-0.25, -0.2) is 0 Å². The van der Waals surface area contributed by atoms with E-state index in [1.807, 2.05) is 0 Å². The molecule has 0 fully saturated rings. The highest BCUT2D eigenvalue weighted by atomic mass is 16.5. The van der Waals surface area contributed by atoms with Crippen molar-refractivity contribution in [2.24, 2.45) is 5.10 Å². The molecule has 0 amide bonds. The van der Waals surface area contributed by atoms with E-state index in [2.05, 4.69) is 5.10 Å². The monoisotopic (exact) mass is 294 g/mol. The Morgan fingerprint density at radius 3 is 2.10 bits per heavy atom. The van der Waals surface area contributed by atoms with Gasteiger partial charge in [0, 0.05) is 6.92 Å². The Bertz CT molecular complexity index is 536. The first-order valence-corrected chi connectivity index (χ1v) is 5.88. The lowest BCUT2D eigenvalue weighted by atomic mass is 10.2. The maximum atomic E-state index is 10.8. The second-order valence-electron chi connectivity index (χ2n) is 4.02. The van der Waals surface area contributed by atoms with Crippen LogP contribution in [0.25, 0.3) is 0 Å². The van der Waals surface area contributed by atoms with Gasteiger partial charge in [0.05, 0.1) is 6.21 Å². The third kappa shape index (κ3) is 6.71. The Morgan fingerprint density at radius 2 is 1.67 bits per heavy atom. The van der Waals surface area contributed by atoms with Crippen molar-refractivity contribution in [1.29, 1.82) is 0 Å². The predicted molar refractivity (Wildman–Crippen MR) is 72.2 cm³/mol. The van der Waals surface area contributed by atoms with E-state index in [9.17, 15) is 14.4 Å². The molecule has 0 saturated carbocycles. The Kier molecular flexibility index (Phi) is 5.87. The fourth-order valence-corrected chi connectivity index (χ4v) is 1.39. The summed E-state index contributed by atoms with van der Waals surface area (Å²) in [4.78, 5) is 31.9. The molecule has 1 rings (SSSR count). The van der Waals surface area contributed by atoms with Gasteiger partial charge in [0.2, 0.25) is 0 Å². The smallest absolute Gasteiger partial charge is 0.324 e. The van der Waals surface area contributed by atoms with E-state index < -0.39 is 31.0 Å². The topological polar surface area (TPSA) is 117 Å². The molecule has 0 aromatic heterocycles. The average Bonchev–Trinajstić information content (AvgIpc) is 2.35. The first kappa shape index (κ1) is 16.2. The van der Waals surface area contributed by atoms with Crippen LogP contribution in [0, 0.1) is 0 Å². The number of hydrogen-bond acceptors (Lipinski definition) is 6. The largest absolute Gasteiger partial charge is 0.480 e. The zero-order valence-electron chi connectivity index (χ0n) is 11.2. The third-order valence-corrected chi connectivity index (χ3v) is 2.15. The first-order chi connectivity index (χ1) is 9.86. The molecule has 0 heterocycles. The van der Waals surface area contributed by atoms with Crippen molar-refractivity contribution in [2.75, 3.05) is 13.1 Å². The van der Waals surface area contributed by atoms with Gasteiger partial charge in [-0.3, -0.25) is 19.4 Å². The Hall–Kier alpha value is -2.90. The summed E-state index contributed by atoms with van der Waals surface area (Å²) < 4.78 is 4.85. The maximum Gasteiger partial charge on any atom is 0.324 e. The summed E-state index contributed by atoms with van der Waals surface area (Å²) in [6.45, 7) is 0.244. The third-order valence-electron chi connectivity index (χ3n) is 2.15. The van der Waals surface area contributed by atoms with Crippen LogP contribution in [0.2, 0.25) is 0 Å². The summed E-state index contributed by atoms with van der Waals surface area (Å²) in [5, 5.41) is 22.0. The van der Waals surface area contributed by atoms with Crippen LogP contribution in [0.15, 0.2) is 29.4 Å². The van der Waals surface area contributed by atoms with Crippen LogP contribution in [0.1, 0.15) is 12.5 Å². The fraction of sp³-hybridized carbons (Fsp3) is 0.231. The van der Waals surface area contributed by atoms with Gasteiger partial charge >= 0.3 is 17.9 Å². The number of esters is 1. The molecule has 1 aromatic carbocycles. The highest BCUT2D eigenvalue weighted by Crippen LogP contribution is 2.11. The SMILES string of the molecule is CC(=O)Oc1ccc(/C=N\N(CC(=O)O)CC(=O)O)cc1. The molecule has 0 aliphatic rings. The predicted octanol–water partition coefficient (Wildman–Crippen LogP) is 0.417. The quantitative estimate of drug-likeness (QED) is 0.324. The normalized spacial score (nSPS) is 10.3. The number of ether oxygens (including phenoxy) is 1. The van der Waals surface area contributed by atoms with Gasteiger partial charge in [0.15, 0.2) is 0 Å². The van der Waals surface area contributed by atoms with Crippen LogP contribution in [0.4, 0.5) is 0 Å². The molecule has 0 radical (unpaired) electrons. The van der Waals surface area contributed by atoms with Gasteiger partial charge in [0.25, 0.3) is 0 Å². The van der Waals surface area contributed by atoms with E-state index >= 15 is 0 Å². The highest BCUT2D eigenvalue weighted by Gasteiger charge is 2.10. The van der Waals surface area contributed by atoms with Crippen molar-refractivity contribution in [3.05, 3.63) is 29.8 Å². The fourth-order valence-electron chi connectivity index (χ4n) is 1.39. The minimum Gasteiger partial charge on any atom is -0.480 e. The molecular formula is C13H14N2O6. The van der Waals surface area contributed by atoms with Crippen molar-refractivity contribution < 1.29 is 29.3 Å². The number of carbonyl (C=O) groups is 3. The van der Waals surface area contributed by atoms with Gasteiger partial charge in [-0.15, -0.1) is 0 Å². The number of nitrogens with zero attached hydrogens (tertiary/aromatic N) is 2. The number of hydrogen-bond donors (Lipinski definition) is 2. The molecule has 0 saturated heterocycles. The minimum absolute atomic E-state index is 0.368.